The van der Waals surface area contributed by atoms with Crippen molar-refractivity contribution in [3.63, 3.8) is 0 Å². The van der Waals surface area contributed by atoms with Crippen molar-refractivity contribution in [2.24, 2.45) is 0 Å². The maximum absolute atomic E-state index is 12.6. The fraction of sp³-hybridized carbons (Fsp3) is 0.0476. The van der Waals surface area contributed by atoms with Gasteiger partial charge in [0.1, 0.15) is 11.3 Å². The third-order valence-corrected chi connectivity index (χ3v) is 4.52. The summed E-state index contributed by atoms with van der Waals surface area (Å²) in [6, 6.07) is 17.9. The Balaban J connectivity index is 1.56. The molecule has 0 fully saturated rings. The van der Waals surface area contributed by atoms with E-state index < -0.39 is 11.5 Å². The molecule has 0 saturated carbocycles. The van der Waals surface area contributed by atoms with E-state index in [0.29, 0.717) is 22.6 Å². The number of hydrogen-bond donors (Lipinski definition) is 1. The fourth-order valence-corrected chi connectivity index (χ4v) is 3.19. The molecule has 1 aliphatic rings. The van der Waals surface area contributed by atoms with Gasteiger partial charge < -0.3 is 19.2 Å². The number of nitrogens with one attached hydrogen (secondary N) is 1. The van der Waals surface area contributed by atoms with Crippen LogP contribution < -0.4 is 20.4 Å². The predicted molar refractivity (Wildman–Crippen MR) is 101 cm³/mol. The van der Waals surface area contributed by atoms with Crippen LogP contribution in [-0.4, -0.2) is 12.7 Å². The highest BCUT2D eigenvalue weighted by atomic mass is 16.7. The van der Waals surface area contributed by atoms with E-state index in [1.807, 2.05) is 30.3 Å². The molecular formula is C21H13NO5. The summed E-state index contributed by atoms with van der Waals surface area (Å²) in [6.45, 7) is 0.127. The second-order valence-electron chi connectivity index (χ2n) is 6.17. The van der Waals surface area contributed by atoms with Crippen molar-refractivity contribution in [1.29, 1.82) is 0 Å². The molecule has 0 spiro atoms. The van der Waals surface area contributed by atoms with Crippen molar-refractivity contribution < 1.29 is 18.7 Å². The second-order valence-corrected chi connectivity index (χ2v) is 6.17. The summed E-state index contributed by atoms with van der Waals surface area (Å²) in [6.07, 6.45) is 0. The first kappa shape index (κ1) is 15.5. The van der Waals surface area contributed by atoms with Crippen molar-refractivity contribution in [1.82, 2.24) is 0 Å². The molecule has 132 valence electrons. The van der Waals surface area contributed by atoms with Crippen LogP contribution in [0.1, 0.15) is 10.4 Å². The Labute approximate surface area is 152 Å². The summed E-state index contributed by atoms with van der Waals surface area (Å²) < 4.78 is 15.9. The highest BCUT2D eigenvalue weighted by Gasteiger charge is 2.17. The van der Waals surface area contributed by atoms with Gasteiger partial charge in [0.25, 0.3) is 5.91 Å². The van der Waals surface area contributed by atoms with E-state index in [-0.39, 0.29) is 12.5 Å². The Morgan fingerprint density at radius 2 is 1.74 bits per heavy atom. The van der Waals surface area contributed by atoms with Crippen LogP contribution in [0.15, 0.2) is 69.9 Å². The SMILES string of the molecule is O=C(Nc1cc2c(ccc3ccccc32)oc1=O)c1ccc2c(c1)OCO2. The van der Waals surface area contributed by atoms with Crippen LogP contribution in [0.5, 0.6) is 11.5 Å². The lowest BCUT2D eigenvalue weighted by Crippen LogP contribution is -2.17. The summed E-state index contributed by atoms with van der Waals surface area (Å²) in [5.74, 6) is 0.655. The largest absolute Gasteiger partial charge is 0.454 e. The van der Waals surface area contributed by atoms with Gasteiger partial charge in [-0.2, -0.15) is 0 Å². The Morgan fingerprint density at radius 1 is 0.889 bits per heavy atom. The zero-order chi connectivity index (χ0) is 18.4. The summed E-state index contributed by atoms with van der Waals surface area (Å²) in [7, 11) is 0. The van der Waals surface area contributed by atoms with E-state index in [9.17, 15) is 9.59 Å². The smallest absolute Gasteiger partial charge is 0.360 e. The topological polar surface area (TPSA) is 77.8 Å². The highest BCUT2D eigenvalue weighted by Crippen LogP contribution is 2.32. The second kappa shape index (κ2) is 5.88. The molecule has 6 nitrogen and oxygen atoms in total. The molecule has 3 aromatic carbocycles. The minimum Gasteiger partial charge on any atom is -0.454 e. The number of carbonyl (C=O) groups excluding carboxylic acids is 1. The number of carbonyl (C=O) groups is 1. The molecule has 1 aliphatic heterocycles. The van der Waals surface area contributed by atoms with E-state index in [0.717, 1.165) is 16.2 Å². The molecule has 2 heterocycles. The normalized spacial score (nSPS) is 12.4. The van der Waals surface area contributed by atoms with Gasteiger partial charge in [0.05, 0.1) is 0 Å². The molecular weight excluding hydrogens is 346 g/mol. The molecule has 0 atom stereocenters. The van der Waals surface area contributed by atoms with Gasteiger partial charge in [0, 0.05) is 10.9 Å². The van der Waals surface area contributed by atoms with Crippen molar-refractivity contribution in [3.05, 3.63) is 76.6 Å². The molecule has 1 aromatic heterocycles. The number of hydrogen-bond acceptors (Lipinski definition) is 5. The molecule has 1 amide bonds. The van der Waals surface area contributed by atoms with Crippen LogP contribution in [0.25, 0.3) is 21.7 Å². The lowest BCUT2D eigenvalue weighted by Gasteiger charge is -2.07. The summed E-state index contributed by atoms with van der Waals surface area (Å²) >= 11 is 0. The van der Waals surface area contributed by atoms with E-state index in [1.54, 1.807) is 30.3 Å². The maximum atomic E-state index is 12.6. The number of rotatable bonds is 2. The number of anilines is 1. The number of benzene rings is 3. The van der Waals surface area contributed by atoms with E-state index in [1.165, 1.54) is 0 Å². The van der Waals surface area contributed by atoms with Crippen LogP contribution in [-0.2, 0) is 0 Å². The zero-order valence-electron chi connectivity index (χ0n) is 14.0. The number of amides is 1. The first-order valence-corrected chi connectivity index (χ1v) is 8.36. The van der Waals surface area contributed by atoms with Crippen LogP contribution >= 0.6 is 0 Å². The monoisotopic (exact) mass is 359 g/mol. The minimum atomic E-state index is -0.605. The van der Waals surface area contributed by atoms with Gasteiger partial charge in [0.15, 0.2) is 11.5 Å². The molecule has 6 heteroatoms. The average Bonchev–Trinajstić information content (AvgIpc) is 3.16. The van der Waals surface area contributed by atoms with Crippen LogP contribution in [0.3, 0.4) is 0 Å². The van der Waals surface area contributed by atoms with Gasteiger partial charge in [-0.3, -0.25) is 4.79 Å². The van der Waals surface area contributed by atoms with Crippen LogP contribution in [0, 0.1) is 0 Å². The van der Waals surface area contributed by atoms with E-state index in [2.05, 4.69) is 5.32 Å². The van der Waals surface area contributed by atoms with E-state index in [4.69, 9.17) is 13.9 Å². The molecule has 0 unspecified atom stereocenters. The zero-order valence-corrected chi connectivity index (χ0v) is 14.0. The number of fused-ring (bicyclic) bond motifs is 4. The Kier molecular flexibility index (Phi) is 3.36. The van der Waals surface area contributed by atoms with Crippen molar-refractivity contribution in [2.75, 3.05) is 12.1 Å². The summed E-state index contributed by atoms with van der Waals surface area (Å²) in [5, 5.41) is 5.35. The molecule has 0 radical (unpaired) electrons. The Bertz CT molecular complexity index is 1270. The molecule has 4 aromatic rings. The lowest BCUT2D eigenvalue weighted by atomic mass is 10.1. The average molecular weight is 359 g/mol. The molecule has 0 saturated heterocycles. The quantitative estimate of drug-likeness (QED) is 0.433. The third kappa shape index (κ3) is 2.58. The standard InChI is InChI=1S/C21H13NO5/c23-20(13-6-8-18-19(9-13)26-11-25-18)22-16-10-15-14-4-2-1-3-12(14)5-7-17(15)27-21(16)24/h1-10H,11H2,(H,22,23). The van der Waals surface area contributed by atoms with Gasteiger partial charge in [-0.05, 0) is 41.1 Å². The minimum absolute atomic E-state index is 0.0847. The van der Waals surface area contributed by atoms with E-state index >= 15 is 0 Å². The molecule has 0 bridgehead atoms. The van der Waals surface area contributed by atoms with Crippen LogP contribution in [0.2, 0.25) is 0 Å². The van der Waals surface area contributed by atoms with Gasteiger partial charge in [0.2, 0.25) is 6.79 Å². The number of ether oxygens (including phenoxy) is 2. The summed E-state index contributed by atoms with van der Waals surface area (Å²) in [5.41, 5.74) is 0.310. The van der Waals surface area contributed by atoms with Crippen molar-refractivity contribution >= 4 is 33.3 Å². The lowest BCUT2D eigenvalue weighted by molar-refractivity contribution is 0.102. The Hall–Kier alpha value is -3.80. The van der Waals surface area contributed by atoms with Gasteiger partial charge >= 0.3 is 5.63 Å². The van der Waals surface area contributed by atoms with Gasteiger partial charge in [-0.15, -0.1) is 0 Å². The van der Waals surface area contributed by atoms with Crippen LogP contribution in [0.4, 0.5) is 5.69 Å². The maximum Gasteiger partial charge on any atom is 0.360 e. The molecule has 1 N–H and O–H groups in total. The molecule has 27 heavy (non-hydrogen) atoms. The summed E-state index contributed by atoms with van der Waals surface area (Å²) in [4.78, 5) is 24.9. The highest BCUT2D eigenvalue weighted by molar-refractivity contribution is 6.09. The van der Waals surface area contributed by atoms with Gasteiger partial charge in [-0.1, -0.05) is 30.3 Å². The van der Waals surface area contributed by atoms with Crippen molar-refractivity contribution in [2.45, 2.75) is 0 Å². The molecule has 5 rings (SSSR count). The molecule has 0 aliphatic carbocycles. The third-order valence-electron chi connectivity index (χ3n) is 4.52. The first-order chi connectivity index (χ1) is 13.2. The first-order valence-electron chi connectivity index (χ1n) is 8.36. The predicted octanol–water partition coefficient (Wildman–Crippen LogP) is 3.93. The fourth-order valence-electron chi connectivity index (χ4n) is 3.19. The Morgan fingerprint density at radius 3 is 2.67 bits per heavy atom. The van der Waals surface area contributed by atoms with Crippen molar-refractivity contribution in [3.8, 4) is 11.5 Å². The van der Waals surface area contributed by atoms with Gasteiger partial charge in [-0.25, -0.2) is 4.79 Å².